The summed E-state index contributed by atoms with van der Waals surface area (Å²) in [6.07, 6.45) is 1.08. The molecule has 17 heavy (non-hydrogen) atoms. The highest BCUT2D eigenvalue weighted by atomic mass is 16.6. The fourth-order valence-electron chi connectivity index (χ4n) is 1.91. The molecule has 2 atom stereocenters. The van der Waals surface area contributed by atoms with E-state index >= 15 is 0 Å². The number of rotatable bonds is 2. The number of carbonyl (C=O) groups excluding carboxylic acids is 2. The molecule has 1 fully saturated rings. The SMILES string of the molecule is CC(N)C(=O)C1CCCN1C(=O)OC(C)(C)C. The molecular weight excluding hydrogens is 220 g/mol. The van der Waals surface area contributed by atoms with Gasteiger partial charge in [0.15, 0.2) is 5.78 Å². The van der Waals surface area contributed by atoms with E-state index in [4.69, 9.17) is 10.5 Å². The molecule has 2 unspecified atom stereocenters. The normalized spacial score (nSPS) is 22.4. The van der Waals surface area contributed by atoms with Crippen LogP contribution in [0.25, 0.3) is 0 Å². The lowest BCUT2D eigenvalue weighted by Gasteiger charge is -2.28. The third-order valence-corrected chi connectivity index (χ3v) is 2.66. The number of amides is 1. The summed E-state index contributed by atoms with van der Waals surface area (Å²) >= 11 is 0. The number of carbonyl (C=O) groups is 2. The van der Waals surface area contributed by atoms with Gasteiger partial charge < -0.3 is 10.5 Å². The van der Waals surface area contributed by atoms with Crippen LogP contribution in [0.2, 0.25) is 0 Å². The number of hydrogen-bond donors (Lipinski definition) is 1. The maximum Gasteiger partial charge on any atom is 0.410 e. The summed E-state index contributed by atoms with van der Waals surface area (Å²) in [5.74, 6) is -0.0895. The smallest absolute Gasteiger partial charge is 0.410 e. The summed E-state index contributed by atoms with van der Waals surface area (Å²) in [7, 11) is 0. The lowest BCUT2D eigenvalue weighted by molar-refractivity contribution is -0.124. The summed E-state index contributed by atoms with van der Waals surface area (Å²) < 4.78 is 5.28. The summed E-state index contributed by atoms with van der Waals surface area (Å²) in [5, 5.41) is 0. The number of nitrogens with two attached hydrogens (primary N) is 1. The lowest BCUT2D eigenvalue weighted by atomic mass is 10.1. The van der Waals surface area contributed by atoms with Gasteiger partial charge in [0.25, 0.3) is 0 Å². The molecule has 5 heteroatoms. The van der Waals surface area contributed by atoms with E-state index in [1.54, 1.807) is 6.92 Å². The van der Waals surface area contributed by atoms with Gasteiger partial charge in [-0.25, -0.2) is 4.79 Å². The monoisotopic (exact) mass is 242 g/mol. The highest BCUT2D eigenvalue weighted by Crippen LogP contribution is 2.21. The molecular formula is C12H22N2O3. The first kappa shape index (κ1) is 14.0. The Bertz CT molecular complexity index is 307. The second kappa shape index (κ2) is 5.04. The maximum absolute atomic E-state index is 11.9. The van der Waals surface area contributed by atoms with E-state index in [0.29, 0.717) is 13.0 Å². The first-order chi connectivity index (χ1) is 7.72. The molecule has 0 aromatic carbocycles. The van der Waals surface area contributed by atoms with Crippen molar-refractivity contribution in [1.29, 1.82) is 0 Å². The number of hydrogen-bond acceptors (Lipinski definition) is 4. The van der Waals surface area contributed by atoms with Crippen molar-refractivity contribution in [3.8, 4) is 0 Å². The minimum absolute atomic E-state index is 0.0895. The standard InChI is InChI=1S/C12H22N2O3/c1-8(13)10(15)9-6-5-7-14(9)11(16)17-12(2,3)4/h8-9H,5-7,13H2,1-4H3. The molecule has 1 saturated heterocycles. The van der Waals surface area contributed by atoms with Gasteiger partial charge in [0.2, 0.25) is 0 Å². The zero-order chi connectivity index (χ0) is 13.2. The average Bonchev–Trinajstić information content (AvgIpc) is 2.61. The van der Waals surface area contributed by atoms with Crippen molar-refractivity contribution < 1.29 is 14.3 Å². The van der Waals surface area contributed by atoms with E-state index in [-0.39, 0.29) is 5.78 Å². The Morgan fingerprint density at radius 3 is 2.47 bits per heavy atom. The van der Waals surface area contributed by atoms with Crippen LogP contribution in [0.1, 0.15) is 40.5 Å². The minimum atomic E-state index is -0.540. The van der Waals surface area contributed by atoms with Crippen molar-refractivity contribution in [1.82, 2.24) is 4.90 Å². The van der Waals surface area contributed by atoms with Crippen LogP contribution in [0, 0.1) is 0 Å². The maximum atomic E-state index is 11.9. The van der Waals surface area contributed by atoms with Crippen molar-refractivity contribution in [2.75, 3.05) is 6.54 Å². The Hall–Kier alpha value is -1.10. The van der Waals surface area contributed by atoms with Crippen LogP contribution >= 0.6 is 0 Å². The Morgan fingerprint density at radius 2 is 2.00 bits per heavy atom. The van der Waals surface area contributed by atoms with Crippen LogP contribution in [-0.2, 0) is 9.53 Å². The summed E-state index contributed by atoms with van der Waals surface area (Å²) in [4.78, 5) is 25.3. The second-order valence-electron chi connectivity index (χ2n) is 5.52. The van der Waals surface area contributed by atoms with Crippen molar-refractivity contribution in [3.63, 3.8) is 0 Å². The molecule has 1 rings (SSSR count). The van der Waals surface area contributed by atoms with E-state index in [2.05, 4.69) is 0 Å². The first-order valence-electron chi connectivity index (χ1n) is 6.01. The van der Waals surface area contributed by atoms with Gasteiger partial charge in [-0.1, -0.05) is 0 Å². The van der Waals surface area contributed by atoms with Gasteiger partial charge in [-0.15, -0.1) is 0 Å². The number of nitrogens with zero attached hydrogens (tertiary/aromatic N) is 1. The molecule has 1 aliphatic rings. The highest BCUT2D eigenvalue weighted by molar-refractivity contribution is 5.91. The Kier molecular flexibility index (Phi) is 4.14. The van der Waals surface area contributed by atoms with Crippen molar-refractivity contribution in [2.45, 2.75) is 58.2 Å². The zero-order valence-corrected chi connectivity index (χ0v) is 11.0. The largest absolute Gasteiger partial charge is 0.444 e. The Labute approximate surface area is 102 Å². The van der Waals surface area contributed by atoms with Crippen molar-refractivity contribution in [2.24, 2.45) is 5.73 Å². The van der Waals surface area contributed by atoms with Crippen LogP contribution in [0.15, 0.2) is 0 Å². The van der Waals surface area contributed by atoms with Crippen LogP contribution in [0.4, 0.5) is 4.79 Å². The van der Waals surface area contributed by atoms with E-state index in [1.165, 1.54) is 4.90 Å². The number of ether oxygens (including phenoxy) is 1. The molecule has 0 aromatic rings. The second-order valence-corrected chi connectivity index (χ2v) is 5.52. The molecule has 0 aliphatic carbocycles. The van der Waals surface area contributed by atoms with Crippen LogP contribution in [0.5, 0.6) is 0 Å². The van der Waals surface area contributed by atoms with Crippen LogP contribution in [0.3, 0.4) is 0 Å². The van der Waals surface area contributed by atoms with Gasteiger partial charge in [0.05, 0.1) is 12.1 Å². The fraction of sp³-hybridized carbons (Fsp3) is 0.833. The van der Waals surface area contributed by atoms with Gasteiger partial charge in [-0.05, 0) is 40.5 Å². The molecule has 0 aromatic heterocycles. The first-order valence-corrected chi connectivity index (χ1v) is 6.01. The quantitative estimate of drug-likeness (QED) is 0.792. The number of ketones is 1. The molecule has 1 amide bonds. The zero-order valence-electron chi connectivity index (χ0n) is 11.0. The molecule has 5 nitrogen and oxygen atoms in total. The molecule has 2 N–H and O–H groups in total. The predicted molar refractivity (Wildman–Crippen MR) is 64.6 cm³/mol. The van der Waals surface area contributed by atoms with Crippen LogP contribution in [-0.4, -0.2) is 41.0 Å². The molecule has 0 spiro atoms. The van der Waals surface area contributed by atoms with Gasteiger partial charge in [-0.2, -0.15) is 0 Å². The summed E-state index contributed by atoms with van der Waals surface area (Å²) in [5.41, 5.74) is 5.04. The Balaban J connectivity index is 2.70. The van der Waals surface area contributed by atoms with E-state index in [1.807, 2.05) is 20.8 Å². The highest BCUT2D eigenvalue weighted by Gasteiger charge is 2.37. The number of Topliss-reactive ketones (excluding diaryl/α,β-unsaturated/α-hetero) is 1. The predicted octanol–water partition coefficient (Wildman–Crippen LogP) is 1.30. The van der Waals surface area contributed by atoms with Crippen molar-refractivity contribution in [3.05, 3.63) is 0 Å². The van der Waals surface area contributed by atoms with Crippen molar-refractivity contribution >= 4 is 11.9 Å². The average molecular weight is 242 g/mol. The van der Waals surface area contributed by atoms with E-state index in [0.717, 1.165) is 6.42 Å². The lowest BCUT2D eigenvalue weighted by Crippen LogP contribution is -2.47. The Morgan fingerprint density at radius 1 is 1.41 bits per heavy atom. The summed E-state index contributed by atoms with van der Waals surface area (Å²) in [6, 6.07) is -0.951. The molecule has 0 saturated carbocycles. The summed E-state index contributed by atoms with van der Waals surface area (Å²) in [6.45, 7) is 7.64. The van der Waals surface area contributed by atoms with Crippen LogP contribution < -0.4 is 5.73 Å². The molecule has 98 valence electrons. The third-order valence-electron chi connectivity index (χ3n) is 2.66. The third kappa shape index (κ3) is 3.70. The number of likely N-dealkylation sites (tertiary alicyclic amines) is 1. The topological polar surface area (TPSA) is 72.6 Å². The van der Waals surface area contributed by atoms with E-state index < -0.39 is 23.8 Å². The van der Waals surface area contributed by atoms with Gasteiger partial charge >= 0.3 is 6.09 Å². The van der Waals surface area contributed by atoms with Gasteiger partial charge in [0.1, 0.15) is 5.60 Å². The van der Waals surface area contributed by atoms with E-state index in [9.17, 15) is 9.59 Å². The fourth-order valence-corrected chi connectivity index (χ4v) is 1.91. The molecule has 0 bridgehead atoms. The molecule has 1 heterocycles. The minimum Gasteiger partial charge on any atom is -0.444 e. The molecule has 0 radical (unpaired) electrons. The molecule has 1 aliphatic heterocycles. The van der Waals surface area contributed by atoms with Gasteiger partial charge in [0, 0.05) is 6.54 Å². The van der Waals surface area contributed by atoms with Gasteiger partial charge in [-0.3, -0.25) is 9.69 Å².